The second-order valence-corrected chi connectivity index (χ2v) is 4.38. The molecule has 7 heteroatoms. The molecule has 0 fully saturated rings. The summed E-state index contributed by atoms with van der Waals surface area (Å²) < 4.78 is 75.7. The predicted molar refractivity (Wildman–Crippen MR) is 60.8 cm³/mol. The highest BCUT2D eigenvalue weighted by Crippen LogP contribution is 2.38. The van der Waals surface area contributed by atoms with E-state index >= 15 is 0 Å². The zero-order valence-electron chi connectivity index (χ0n) is 10.4. The van der Waals surface area contributed by atoms with Gasteiger partial charge in [0.25, 0.3) is 0 Å². The van der Waals surface area contributed by atoms with Gasteiger partial charge in [-0.3, -0.25) is 0 Å². The number of alkyl halides is 6. The Morgan fingerprint density at radius 2 is 1.40 bits per heavy atom. The Bertz CT molecular complexity index is 456. The van der Waals surface area contributed by atoms with Gasteiger partial charge in [0, 0.05) is 5.92 Å². The molecule has 0 saturated carbocycles. The van der Waals surface area contributed by atoms with Gasteiger partial charge in [-0.05, 0) is 23.8 Å². The molecule has 0 amide bonds. The van der Waals surface area contributed by atoms with Crippen LogP contribution in [0.3, 0.4) is 0 Å². The van der Waals surface area contributed by atoms with Crippen molar-refractivity contribution >= 4 is 0 Å². The van der Waals surface area contributed by atoms with Crippen LogP contribution in [0, 0.1) is 5.92 Å². The molecule has 1 aromatic carbocycles. The smallest absolute Gasteiger partial charge is 0.388 e. The van der Waals surface area contributed by atoms with Gasteiger partial charge in [0.2, 0.25) is 0 Å². The van der Waals surface area contributed by atoms with Gasteiger partial charge in [0.05, 0.1) is 17.2 Å². The quantitative estimate of drug-likeness (QED) is 0.639. The van der Waals surface area contributed by atoms with Gasteiger partial charge >= 0.3 is 12.4 Å². The molecule has 0 aromatic heterocycles. The van der Waals surface area contributed by atoms with Crippen molar-refractivity contribution in [1.82, 2.24) is 0 Å². The van der Waals surface area contributed by atoms with Gasteiger partial charge < -0.3 is 5.11 Å². The number of aliphatic hydroxyl groups excluding tert-OH is 1. The van der Waals surface area contributed by atoms with E-state index in [2.05, 4.69) is 6.58 Å². The van der Waals surface area contributed by atoms with E-state index in [1.165, 1.54) is 13.0 Å². The summed E-state index contributed by atoms with van der Waals surface area (Å²) in [5.41, 5.74) is -3.34. The Morgan fingerprint density at radius 3 is 1.70 bits per heavy atom. The maximum atomic E-state index is 12.6. The van der Waals surface area contributed by atoms with Crippen molar-refractivity contribution in [1.29, 1.82) is 0 Å². The Hall–Kier alpha value is -1.50. The molecule has 0 aliphatic carbocycles. The molecule has 0 aliphatic heterocycles. The molecule has 0 saturated heterocycles. The molecule has 2 atom stereocenters. The van der Waals surface area contributed by atoms with Crippen molar-refractivity contribution in [3.05, 3.63) is 47.5 Å². The fraction of sp³-hybridized carbons (Fsp3) is 0.385. The topological polar surface area (TPSA) is 20.2 Å². The Kier molecular flexibility index (Phi) is 4.53. The average molecular weight is 298 g/mol. The lowest BCUT2D eigenvalue weighted by atomic mass is 9.94. The lowest BCUT2D eigenvalue weighted by molar-refractivity contribution is -0.143. The van der Waals surface area contributed by atoms with Crippen molar-refractivity contribution in [2.45, 2.75) is 25.4 Å². The predicted octanol–water partition coefficient (Wildman–Crippen LogP) is 4.58. The first-order valence-corrected chi connectivity index (χ1v) is 5.57. The van der Waals surface area contributed by atoms with Crippen molar-refractivity contribution < 1.29 is 31.4 Å². The third-order valence-electron chi connectivity index (χ3n) is 2.82. The van der Waals surface area contributed by atoms with Gasteiger partial charge in [-0.1, -0.05) is 13.0 Å². The van der Waals surface area contributed by atoms with E-state index in [1.54, 1.807) is 0 Å². The summed E-state index contributed by atoms with van der Waals surface area (Å²) in [5, 5.41) is 9.76. The average Bonchev–Trinajstić information content (AvgIpc) is 2.34. The largest absolute Gasteiger partial charge is 0.416 e. The summed E-state index contributed by atoms with van der Waals surface area (Å²) in [4.78, 5) is 0. The van der Waals surface area contributed by atoms with Crippen LogP contribution >= 0.6 is 0 Å². The van der Waals surface area contributed by atoms with Crippen LogP contribution in [0.1, 0.15) is 29.7 Å². The number of aliphatic hydroxyl groups is 1. The van der Waals surface area contributed by atoms with Crippen molar-refractivity contribution in [3.63, 3.8) is 0 Å². The second-order valence-electron chi connectivity index (χ2n) is 4.38. The molecule has 0 bridgehead atoms. The van der Waals surface area contributed by atoms with Crippen LogP contribution in [0.5, 0.6) is 0 Å². The van der Waals surface area contributed by atoms with Crippen LogP contribution in [0.15, 0.2) is 30.9 Å². The zero-order chi connectivity index (χ0) is 15.7. The van der Waals surface area contributed by atoms with Gasteiger partial charge in [-0.15, -0.1) is 6.58 Å². The fourth-order valence-electron chi connectivity index (χ4n) is 1.58. The first-order chi connectivity index (χ1) is 8.96. The summed E-state index contributed by atoms with van der Waals surface area (Å²) in [7, 11) is 0. The molecule has 0 unspecified atom stereocenters. The van der Waals surface area contributed by atoms with Crippen LogP contribution in [0.25, 0.3) is 0 Å². The first-order valence-electron chi connectivity index (χ1n) is 5.57. The SMILES string of the molecule is C=C[C@H](C)[C@H](O)c1cc(C(F)(F)F)cc(C(F)(F)F)c1. The van der Waals surface area contributed by atoms with Gasteiger partial charge in [0.15, 0.2) is 0 Å². The number of rotatable bonds is 3. The molecule has 20 heavy (non-hydrogen) atoms. The van der Waals surface area contributed by atoms with Crippen LogP contribution in [0.2, 0.25) is 0 Å². The van der Waals surface area contributed by atoms with Crippen LogP contribution in [0.4, 0.5) is 26.3 Å². The summed E-state index contributed by atoms with van der Waals surface area (Å²) in [6.45, 7) is 4.78. The van der Waals surface area contributed by atoms with Crippen LogP contribution in [-0.2, 0) is 12.4 Å². The minimum Gasteiger partial charge on any atom is -0.388 e. The molecule has 1 rings (SSSR count). The van der Waals surface area contributed by atoms with E-state index in [-0.39, 0.29) is 6.07 Å². The summed E-state index contributed by atoms with van der Waals surface area (Å²) in [6, 6.07) is 1.05. The van der Waals surface area contributed by atoms with E-state index < -0.39 is 41.1 Å². The fourth-order valence-corrected chi connectivity index (χ4v) is 1.58. The zero-order valence-corrected chi connectivity index (χ0v) is 10.4. The maximum absolute atomic E-state index is 12.6. The molecule has 1 aromatic rings. The number of benzene rings is 1. The maximum Gasteiger partial charge on any atom is 0.416 e. The van der Waals surface area contributed by atoms with Gasteiger partial charge in [0.1, 0.15) is 0 Å². The highest BCUT2D eigenvalue weighted by molar-refractivity contribution is 5.35. The minimum atomic E-state index is -4.92. The third-order valence-corrected chi connectivity index (χ3v) is 2.82. The van der Waals surface area contributed by atoms with Crippen LogP contribution in [-0.4, -0.2) is 5.11 Å². The van der Waals surface area contributed by atoms with Crippen molar-refractivity contribution in [2.75, 3.05) is 0 Å². The summed E-state index contributed by atoms with van der Waals surface area (Å²) in [6.07, 6.45) is -10.1. The monoisotopic (exact) mass is 298 g/mol. The summed E-state index contributed by atoms with van der Waals surface area (Å²) >= 11 is 0. The molecule has 1 nitrogen and oxygen atoms in total. The normalized spacial score (nSPS) is 15.8. The molecule has 0 spiro atoms. The van der Waals surface area contributed by atoms with E-state index in [4.69, 9.17) is 0 Å². The van der Waals surface area contributed by atoms with Gasteiger partial charge in [-0.25, -0.2) is 0 Å². The number of hydrogen-bond acceptors (Lipinski definition) is 1. The van der Waals surface area contributed by atoms with E-state index in [9.17, 15) is 31.4 Å². The Labute approximate surface area is 111 Å². The molecule has 0 radical (unpaired) electrons. The third kappa shape index (κ3) is 3.75. The molecular weight excluding hydrogens is 286 g/mol. The second kappa shape index (κ2) is 5.47. The number of hydrogen-bond donors (Lipinski definition) is 1. The molecule has 0 aliphatic rings. The summed E-state index contributed by atoms with van der Waals surface area (Å²) in [5.74, 6) is -0.681. The molecular formula is C13H12F6O. The van der Waals surface area contributed by atoms with E-state index in [1.807, 2.05) is 0 Å². The highest BCUT2D eigenvalue weighted by atomic mass is 19.4. The lowest BCUT2D eigenvalue weighted by Gasteiger charge is -2.19. The van der Waals surface area contributed by atoms with Crippen molar-refractivity contribution in [2.24, 2.45) is 5.92 Å². The van der Waals surface area contributed by atoms with Crippen molar-refractivity contribution in [3.8, 4) is 0 Å². The standard InChI is InChI=1S/C13H12F6O/c1-3-7(2)11(20)8-4-9(12(14,15)16)6-10(5-8)13(17,18)19/h3-7,11,20H,1H2,2H3/t7-,11-/m0/s1. The first kappa shape index (κ1) is 16.6. The molecule has 112 valence electrons. The van der Waals surface area contributed by atoms with Gasteiger partial charge in [-0.2, -0.15) is 26.3 Å². The molecule has 1 N–H and O–H groups in total. The lowest BCUT2D eigenvalue weighted by Crippen LogP contribution is -2.14. The van der Waals surface area contributed by atoms with Crippen LogP contribution < -0.4 is 0 Å². The Morgan fingerprint density at radius 1 is 1.00 bits per heavy atom. The van der Waals surface area contributed by atoms with E-state index in [0.717, 1.165) is 0 Å². The minimum absolute atomic E-state index is 0.0226. The van der Waals surface area contributed by atoms with E-state index in [0.29, 0.717) is 12.1 Å². The Balaban J connectivity index is 3.42. The molecule has 0 heterocycles. The highest BCUT2D eigenvalue weighted by Gasteiger charge is 2.37. The number of halogens is 6.